The van der Waals surface area contributed by atoms with Crippen LogP contribution in [0.2, 0.25) is 0 Å². The van der Waals surface area contributed by atoms with Crippen molar-refractivity contribution >= 4 is 5.69 Å². The molecule has 0 saturated carbocycles. The molecule has 0 aliphatic heterocycles. The van der Waals surface area contributed by atoms with Gasteiger partial charge < -0.3 is 20.3 Å². The van der Waals surface area contributed by atoms with Crippen LogP contribution in [-0.2, 0) is 0 Å². The summed E-state index contributed by atoms with van der Waals surface area (Å²) >= 11 is 0. The van der Waals surface area contributed by atoms with E-state index in [-0.39, 0.29) is 16.8 Å². The Labute approximate surface area is 160 Å². The van der Waals surface area contributed by atoms with Gasteiger partial charge in [-0.1, -0.05) is 18.2 Å². The fraction of sp³-hybridized carbons (Fsp3) is 0.333. The smallest absolute Gasteiger partial charge is 0.461 e. The number of aliphatic hydroxyl groups is 1. The normalized spacial score (nSPS) is 13.4. The molecule has 29 heavy (non-hydrogen) atoms. The molecule has 0 radical (unpaired) electrons. The molecule has 3 N–H and O–H groups in total. The Bertz CT molecular complexity index is 856. The molecule has 11 heteroatoms. The minimum Gasteiger partial charge on any atom is -0.506 e. The van der Waals surface area contributed by atoms with Gasteiger partial charge in [0.25, 0.3) is 0 Å². The number of benzene rings is 2. The van der Waals surface area contributed by atoms with E-state index in [0.717, 1.165) is 18.2 Å². The van der Waals surface area contributed by atoms with E-state index in [2.05, 4.69) is 10.1 Å². The van der Waals surface area contributed by atoms with Gasteiger partial charge in [-0.3, -0.25) is 0 Å². The highest BCUT2D eigenvalue weighted by Crippen LogP contribution is 2.37. The van der Waals surface area contributed by atoms with Gasteiger partial charge in [-0.25, -0.2) is 0 Å². The lowest BCUT2D eigenvalue weighted by Gasteiger charge is -2.20. The summed E-state index contributed by atoms with van der Waals surface area (Å²) in [5, 5.41) is 21.3. The van der Waals surface area contributed by atoms with Crippen LogP contribution >= 0.6 is 0 Å². The number of nitrogens with one attached hydrogen (secondary N) is 1. The molecule has 0 aliphatic rings. The fourth-order valence-electron chi connectivity index (χ4n) is 2.48. The summed E-state index contributed by atoms with van der Waals surface area (Å²) in [5.41, 5.74) is 0.647. The Morgan fingerprint density at radius 3 is 2.31 bits per heavy atom. The van der Waals surface area contributed by atoms with E-state index < -0.39 is 42.9 Å². The number of hydrogen-bond donors (Lipinski definition) is 3. The number of phenols is 1. The lowest BCUT2D eigenvalue weighted by Crippen LogP contribution is -2.35. The maximum atomic E-state index is 13.1. The molecular weight excluding hydrogens is 411 g/mol. The summed E-state index contributed by atoms with van der Waals surface area (Å²) < 4.78 is 92.2. The van der Waals surface area contributed by atoms with Gasteiger partial charge in [0.05, 0.1) is 5.69 Å². The van der Waals surface area contributed by atoms with E-state index in [1.165, 1.54) is 25.1 Å². The molecule has 0 bridgehead atoms. The largest absolute Gasteiger partial charge is 0.506 e. The highest BCUT2D eigenvalue weighted by Gasteiger charge is 2.44. The lowest BCUT2D eigenvalue weighted by molar-refractivity contribution is -0.253. The molecule has 160 valence electrons. The summed E-state index contributed by atoms with van der Waals surface area (Å²) in [7, 11) is 0. The van der Waals surface area contributed by atoms with E-state index in [1.54, 1.807) is 0 Å². The van der Waals surface area contributed by atoms with E-state index in [9.17, 15) is 35.8 Å². The number of rotatable bonds is 7. The second kappa shape index (κ2) is 8.36. The summed E-state index contributed by atoms with van der Waals surface area (Å²) in [4.78, 5) is 0. The van der Waals surface area contributed by atoms with Crippen LogP contribution in [0.5, 0.6) is 11.5 Å². The Hall–Kier alpha value is -2.69. The van der Waals surface area contributed by atoms with E-state index >= 15 is 0 Å². The molecule has 1 atom stereocenters. The minimum atomic E-state index is -4.87. The number of aliphatic hydroxyl groups excluding tert-OH is 1. The maximum Gasteiger partial charge on any atom is 0.461 e. The van der Waals surface area contributed by atoms with Gasteiger partial charge in [-0.2, -0.15) is 30.7 Å². The number of anilines is 1. The minimum absolute atomic E-state index is 0.116. The van der Waals surface area contributed by atoms with Gasteiger partial charge in [0.1, 0.15) is 11.5 Å². The fourth-order valence-corrected chi connectivity index (χ4v) is 2.48. The maximum absolute atomic E-state index is 13.1. The summed E-state index contributed by atoms with van der Waals surface area (Å²) in [5.74, 6) is -0.959. The molecule has 0 saturated heterocycles. The van der Waals surface area contributed by atoms with Gasteiger partial charge in [-0.15, -0.1) is 0 Å². The predicted octanol–water partition coefficient (Wildman–Crippen LogP) is 4.94. The van der Waals surface area contributed by atoms with Crippen molar-refractivity contribution in [3.05, 3.63) is 42.0 Å². The monoisotopic (exact) mass is 427 g/mol. The zero-order chi connectivity index (χ0) is 22.0. The first-order valence-corrected chi connectivity index (χ1v) is 8.09. The molecule has 0 spiro atoms. The van der Waals surface area contributed by atoms with Gasteiger partial charge in [-0.05, 0) is 41.8 Å². The quantitative estimate of drug-likeness (QED) is 0.433. The Balaban J connectivity index is 2.33. The van der Waals surface area contributed by atoms with Crippen LogP contribution in [0, 0.1) is 6.92 Å². The number of halogens is 7. The van der Waals surface area contributed by atoms with Crippen molar-refractivity contribution < 1.29 is 45.7 Å². The number of ether oxygens (including phenoxy) is 1. The zero-order valence-corrected chi connectivity index (χ0v) is 14.8. The first kappa shape index (κ1) is 22.6. The average molecular weight is 427 g/mol. The van der Waals surface area contributed by atoms with Gasteiger partial charge in [0.15, 0.2) is 6.10 Å². The van der Waals surface area contributed by atoms with E-state index in [0.29, 0.717) is 5.56 Å². The lowest BCUT2D eigenvalue weighted by atomic mass is 9.98. The van der Waals surface area contributed by atoms with Crippen molar-refractivity contribution in [1.82, 2.24) is 0 Å². The summed E-state index contributed by atoms with van der Waals surface area (Å²) in [6.45, 7) is 0.490. The molecule has 0 amide bonds. The van der Waals surface area contributed by atoms with Crippen LogP contribution in [0.3, 0.4) is 0 Å². The molecule has 2 aromatic rings. The van der Waals surface area contributed by atoms with Crippen molar-refractivity contribution in [3.63, 3.8) is 0 Å². The number of hydrogen-bond acceptors (Lipinski definition) is 4. The second-order valence-corrected chi connectivity index (χ2v) is 6.06. The average Bonchev–Trinajstić information content (AvgIpc) is 2.60. The van der Waals surface area contributed by atoms with Gasteiger partial charge in [0.2, 0.25) is 0 Å². The summed E-state index contributed by atoms with van der Waals surface area (Å²) in [6, 6.07) is 7.28. The SMILES string of the molecule is Cc1c(-c2cccc(OC(F)(F)C(F)F)c2)ccc(O)c1NCC(O)C(F)(F)F. The first-order valence-electron chi connectivity index (χ1n) is 8.09. The Morgan fingerprint density at radius 2 is 1.72 bits per heavy atom. The molecule has 4 nitrogen and oxygen atoms in total. The van der Waals surface area contributed by atoms with Gasteiger partial charge in [0, 0.05) is 6.54 Å². The third kappa shape index (κ3) is 5.43. The molecule has 2 aromatic carbocycles. The second-order valence-electron chi connectivity index (χ2n) is 6.06. The van der Waals surface area contributed by atoms with Crippen LogP contribution in [0.1, 0.15) is 5.56 Å². The van der Waals surface area contributed by atoms with Crippen molar-refractivity contribution in [1.29, 1.82) is 0 Å². The molecule has 2 rings (SSSR count). The topological polar surface area (TPSA) is 61.7 Å². The Kier molecular flexibility index (Phi) is 6.51. The third-order valence-corrected chi connectivity index (χ3v) is 3.95. The van der Waals surface area contributed by atoms with Gasteiger partial charge >= 0.3 is 18.7 Å². The highest BCUT2D eigenvalue weighted by atomic mass is 19.4. The van der Waals surface area contributed by atoms with Crippen LogP contribution in [0.15, 0.2) is 36.4 Å². The van der Waals surface area contributed by atoms with Crippen molar-refractivity contribution in [3.8, 4) is 22.6 Å². The molecular formula is C18H16F7NO3. The molecule has 0 heterocycles. The standard InChI is InChI=1S/C18H16F7NO3/c1-9-12(5-6-13(27)15(9)26-8-14(28)17(21,22)23)10-3-2-4-11(7-10)29-18(24,25)16(19)20/h2-7,14,16,26-28H,8H2,1H3. The van der Waals surface area contributed by atoms with E-state index in [1.807, 2.05) is 0 Å². The van der Waals surface area contributed by atoms with Crippen LogP contribution < -0.4 is 10.1 Å². The highest BCUT2D eigenvalue weighted by molar-refractivity contribution is 5.77. The molecule has 1 unspecified atom stereocenters. The van der Waals surface area contributed by atoms with Crippen molar-refractivity contribution in [2.45, 2.75) is 31.7 Å². The Morgan fingerprint density at radius 1 is 1.07 bits per heavy atom. The molecule has 0 aromatic heterocycles. The van der Waals surface area contributed by atoms with Crippen LogP contribution in [-0.4, -0.2) is 41.6 Å². The number of aromatic hydroxyl groups is 1. The van der Waals surface area contributed by atoms with Crippen molar-refractivity contribution in [2.75, 3.05) is 11.9 Å². The van der Waals surface area contributed by atoms with E-state index in [4.69, 9.17) is 5.11 Å². The third-order valence-electron chi connectivity index (χ3n) is 3.95. The predicted molar refractivity (Wildman–Crippen MR) is 90.4 cm³/mol. The number of phenolic OH excluding ortho intramolecular Hbond substituents is 1. The number of alkyl halides is 7. The van der Waals surface area contributed by atoms with Crippen LogP contribution in [0.4, 0.5) is 36.4 Å². The van der Waals surface area contributed by atoms with Crippen LogP contribution in [0.25, 0.3) is 11.1 Å². The van der Waals surface area contributed by atoms with Crippen molar-refractivity contribution in [2.24, 2.45) is 0 Å². The zero-order valence-electron chi connectivity index (χ0n) is 14.8. The summed E-state index contributed by atoms with van der Waals surface area (Å²) in [6.07, 6.45) is -16.3. The molecule has 0 aliphatic carbocycles. The molecule has 0 fully saturated rings. The first-order chi connectivity index (χ1) is 13.3.